The van der Waals surface area contributed by atoms with Crippen LogP contribution in [0, 0.1) is 0 Å². The number of imidazole rings is 1. The number of hydrogen-bond acceptors (Lipinski definition) is 5. The summed E-state index contributed by atoms with van der Waals surface area (Å²) in [4.78, 5) is 29.6. The Morgan fingerprint density at radius 1 is 1.47 bits per heavy atom. The van der Waals surface area contributed by atoms with Crippen molar-refractivity contribution in [1.82, 2.24) is 19.5 Å². The minimum Gasteiger partial charge on any atom is -0.382 e. The summed E-state index contributed by atoms with van der Waals surface area (Å²) in [7, 11) is -4.31. The topological polar surface area (TPSA) is 127 Å². The summed E-state index contributed by atoms with van der Waals surface area (Å²) in [6.45, 7) is 3.27. The van der Waals surface area contributed by atoms with Gasteiger partial charge in [0.1, 0.15) is 11.8 Å². The SMILES string of the molecule is C=C(Cn1cnc2c(N)ncnc21)P(=O)(O)O. The average molecular weight is 255 g/mol. The van der Waals surface area contributed by atoms with Gasteiger partial charge >= 0.3 is 7.60 Å². The molecule has 8 nitrogen and oxygen atoms in total. The molecule has 2 aromatic heterocycles. The molecule has 0 aliphatic heterocycles. The lowest BCUT2D eigenvalue weighted by Crippen LogP contribution is -2.01. The van der Waals surface area contributed by atoms with Gasteiger partial charge in [0.05, 0.1) is 18.2 Å². The monoisotopic (exact) mass is 255 g/mol. The second-order valence-electron chi connectivity index (χ2n) is 3.41. The molecule has 2 rings (SSSR count). The van der Waals surface area contributed by atoms with Crippen molar-refractivity contribution in [1.29, 1.82) is 0 Å². The molecule has 17 heavy (non-hydrogen) atoms. The first kappa shape index (κ1) is 11.7. The minimum atomic E-state index is -4.31. The van der Waals surface area contributed by atoms with E-state index in [0.29, 0.717) is 11.2 Å². The Hall–Kier alpha value is -1.76. The lowest BCUT2D eigenvalue weighted by atomic mass is 10.5. The fourth-order valence-electron chi connectivity index (χ4n) is 1.30. The maximum atomic E-state index is 11.0. The largest absolute Gasteiger partial charge is 0.382 e. The maximum absolute atomic E-state index is 11.0. The van der Waals surface area contributed by atoms with Crippen LogP contribution in [-0.4, -0.2) is 29.3 Å². The highest BCUT2D eigenvalue weighted by Gasteiger charge is 2.20. The van der Waals surface area contributed by atoms with Crippen molar-refractivity contribution in [2.45, 2.75) is 6.54 Å². The predicted octanol–water partition coefficient (Wildman–Crippen LogP) is 0.0999. The summed E-state index contributed by atoms with van der Waals surface area (Å²) in [5, 5.41) is -0.214. The van der Waals surface area contributed by atoms with Crippen molar-refractivity contribution < 1.29 is 14.4 Å². The molecule has 0 fully saturated rings. The van der Waals surface area contributed by atoms with Crippen LogP contribution in [-0.2, 0) is 11.1 Å². The van der Waals surface area contributed by atoms with Gasteiger partial charge in [-0.25, -0.2) is 15.0 Å². The molecule has 2 heterocycles. The highest BCUT2D eigenvalue weighted by Crippen LogP contribution is 2.44. The average Bonchev–Trinajstić information content (AvgIpc) is 2.62. The zero-order valence-electron chi connectivity index (χ0n) is 8.69. The normalized spacial score (nSPS) is 11.9. The molecular weight excluding hydrogens is 245 g/mol. The van der Waals surface area contributed by atoms with Crippen molar-refractivity contribution >= 4 is 24.6 Å². The Labute approximate surface area is 96.0 Å². The molecule has 4 N–H and O–H groups in total. The van der Waals surface area contributed by atoms with Gasteiger partial charge in [-0.15, -0.1) is 0 Å². The molecule has 0 unspecified atom stereocenters. The van der Waals surface area contributed by atoms with Crippen molar-refractivity contribution in [3.63, 3.8) is 0 Å². The van der Waals surface area contributed by atoms with Crippen LogP contribution >= 0.6 is 7.60 Å². The number of aromatic nitrogens is 4. The summed E-state index contributed by atoms with van der Waals surface area (Å²) in [6, 6.07) is 0. The molecule has 0 aromatic carbocycles. The first-order valence-corrected chi connectivity index (χ1v) is 6.16. The van der Waals surface area contributed by atoms with E-state index in [1.165, 1.54) is 17.2 Å². The number of rotatable bonds is 3. The number of nitrogens with zero attached hydrogens (tertiary/aromatic N) is 4. The third kappa shape index (κ3) is 2.19. The Morgan fingerprint density at radius 2 is 2.18 bits per heavy atom. The summed E-state index contributed by atoms with van der Waals surface area (Å²) in [5.41, 5.74) is 6.39. The molecule has 0 amide bonds. The summed E-state index contributed by atoms with van der Waals surface area (Å²) in [5.74, 6) is 0.218. The molecule has 9 heteroatoms. The van der Waals surface area contributed by atoms with E-state index < -0.39 is 7.60 Å². The van der Waals surface area contributed by atoms with E-state index in [1.54, 1.807) is 0 Å². The first-order valence-electron chi connectivity index (χ1n) is 4.55. The Morgan fingerprint density at radius 3 is 2.82 bits per heavy atom. The van der Waals surface area contributed by atoms with Gasteiger partial charge in [0, 0.05) is 0 Å². The van der Waals surface area contributed by atoms with Crippen LogP contribution in [0.25, 0.3) is 11.2 Å². The van der Waals surface area contributed by atoms with Crippen LogP contribution in [0.5, 0.6) is 0 Å². The summed E-state index contributed by atoms with van der Waals surface area (Å²) < 4.78 is 12.4. The first-order chi connectivity index (χ1) is 7.89. The van der Waals surface area contributed by atoms with Crippen LogP contribution in [0.4, 0.5) is 5.82 Å². The minimum absolute atomic E-state index is 0.0722. The van der Waals surface area contributed by atoms with E-state index in [0.717, 1.165) is 0 Å². The zero-order chi connectivity index (χ0) is 12.6. The third-order valence-corrected chi connectivity index (χ3v) is 3.16. The van der Waals surface area contributed by atoms with Gasteiger partial charge in [-0.2, -0.15) is 0 Å². The molecule has 0 atom stereocenters. The maximum Gasteiger partial charge on any atom is 0.353 e. The Bertz CT molecular complexity index is 631. The lowest BCUT2D eigenvalue weighted by Gasteiger charge is -2.08. The van der Waals surface area contributed by atoms with E-state index in [-0.39, 0.29) is 17.7 Å². The van der Waals surface area contributed by atoms with E-state index in [1.807, 2.05) is 0 Å². The fraction of sp³-hybridized carbons (Fsp3) is 0.125. The molecule has 0 bridgehead atoms. The van der Waals surface area contributed by atoms with E-state index in [4.69, 9.17) is 15.5 Å². The number of fused-ring (bicyclic) bond motifs is 1. The van der Waals surface area contributed by atoms with Crippen molar-refractivity contribution in [3.8, 4) is 0 Å². The van der Waals surface area contributed by atoms with Crippen LogP contribution in [0.3, 0.4) is 0 Å². The van der Waals surface area contributed by atoms with Crippen LogP contribution in [0.2, 0.25) is 0 Å². The van der Waals surface area contributed by atoms with Gasteiger partial charge in [-0.1, -0.05) is 6.58 Å². The second kappa shape index (κ2) is 3.92. The van der Waals surface area contributed by atoms with Gasteiger partial charge in [-0.05, 0) is 0 Å². The molecular formula is C8H10N5O3P. The van der Waals surface area contributed by atoms with Gasteiger partial charge < -0.3 is 20.1 Å². The van der Waals surface area contributed by atoms with E-state index in [9.17, 15) is 4.57 Å². The standard InChI is InChI=1S/C8H10N5O3P/c1-5(17(14,15)16)2-13-4-12-6-7(9)10-3-11-8(6)13/h3-4H,1-2H2,(H2,9,10,11)(H2,14,15,16). The number of nitrogen functional groups attached to an aromatic ring is 1. The molecule has 90 valence electrons. The summed E-state index contributed by atoms with van der Waals surface area (Å²) >= 11 is 0. The molecule has 0 saturated heterocycles. The fourth-order valence-corrected chi connectivity index (χ4v) is 1.64. The Balaban J connectivity index is 2.42. The molecule has 0 aliphatic rings. The van der Waals surface area contributed by atoms with Gasteiger partial charge in [0.15, 0.2) is 11.5 Å². The molecule has 0 aliphatic carbocycles. The third-order valence-electron chi connectivity index (χ3n) is 2.19. The van der Waals surface area contributed by atoms with Crippen LogP contribution < -0.4 is 5.73 Å². The van der Waals surface area contributed by atoms with Crippen molar-refractivity contribution in [2.24, 2.45) is 0 Å². The van der Waals surface area contributed by atoms with Crippen LogP contribution in [0.1, 0.15) is 0 Å². The van der Waals surface area contributed by atoms with Gasteiger partial charge in [-0.3, -0.25) is 4.57 Å². The number of hydrogen-bond donors (Lipinski definition) is 3. The van der Waals surface area contributed by atoms with Gasteiger partial charge in [0.25, 0.3) is 0 Å². The van der Waals surface area contributed by atoms with Crippen molar-refractivity contribution in [2.75, 3.05) is 5.73 Å². The van der Waals surface area contributed by atoms with Crippen LogP contribution in [0.15, 0.2) is 24.5 Å². The highest BCUT2D eigenvalue weighted by atomic mass is 31.2. The molecule has 0 radical (unpaired) electrons. The number of nitrogens with two attached hydrogens (primary N) is 1. The molecule has 2 aromatic rings. The van der Waals surface area contributed by atoms with Gasteiger partial charge in [0.2, 0.25) is 0 Å². The lowest BCUT2D eigenvalue weighted by molar-refractivity contribution is 0.379. The van der Waals surface area contributed by atoms with E-state index in [2.05, 4.69) is 21.5 Å². The highest BCUT2D eigenvalue weighted by molar-refractivity contribution is 7.56. The zero-order valence-corrected chi connectivity index (χ0v) is 9.58. The van der Waals surface area contributed by atoms with E-state index >= 15 is 0 Å². The molecule has 0 saturated carbocycles. The Kier molecular flexibility index (Phi) is 2.70. The number of allylic oxidation sites excluding steroid dienone is 1. The summed E-state index contributed by atoms with van der Waals surface area (Å²) in [6.07, 6.45) is 2.65. The predicted molar refractivity (Wildman–Crippen MR) is 60.9 cm³/mol. The number of anilines is 1. The van der Waals surface area contributed by atoms with Crippen molar-refractivity contribution in [3.05, 3.63) is 24.5 Å². The smallest absolute Gasteiger partial charge is 0.353 e. The molecule has 0 spiro atoms. The quantitative estimate of drug-likeness (QED) is 0.663. The second-order valence-corrected chi connectivity index (χ2v) is 5.13.